The second-order valence-corrected chi connectivity index (χ2v) is 5.81. The summed E-state index contributed by atoms with van der Waals surface area (Å²) in [5, 5.41) is 0.254. The molecule has 1 aromatic carbocycles. The normalized spacial score (nSPS) is 11.2. The molecule has 0 aliphatic carbocycles. The van der Waals surface area contributed by atoms with E-state index in [2.05, 4.69) is 9.71 Å². The van der Waals surface area contributed by atoms with Gasteiger partial charge in [-0.2, -0.15) is 0 Å². The highest BCUT2D eigenvalue weighted by atomic mass is 35.5. The summed E-state index contributed by atoms with van der Waals surface area (Å²) in [6.07, 6.45) is 1.23. The third-order valence-electron chi connectivity index (χ3n) is 2.40. The molecule has 0 atom stereocenters. The average molecular weight is 283 g/mol. The van der Waals surface area contributed by atoms with Crippen molar-refractivity contribution in [2.45, 2.75) is 11.8 Å². The number of nitrogens with one attached hydrogen (secondary N) is 1. The van der Waals surface area contributed by atoms with Gasteiger partial charge in [0.1, 0.15) is 10.0 Å². The fraction of sp³-hybridized carbons (Fsp3) is 0.0833. The van der Waals surface area contributed by atoms with Crippen LogP contribution in [0.1, 0.15) is 5.56 Å². The standard InChI is InChI=1S/C12H11ClN2O2S/c1-9-4-2-3-5-11(9)15-18(16,17)10-6-7-12(13)14-8-10/h2-8,15H,1H3. The number of anilines is 1. The summed E-state index contributed by atoms with van der Waals surface area (Å²) in [4.78, 5) is 3.83. The number of benzene rings is 1. The van der Waals surface area contributed by atoms with E-state index >= 15 is 0 Å². The minimum Gasteiger partial charge on any atom is -0.279 e. The van der Waals surface area contributed by atoms with Crippen LogP contribution in [-0.4, -0.2) is 13.4 Å². The maximum absolute atomic E-state index is 12.1. The molecular formula is C12H11ClN2O2S. The first-order valence-electron chi connectivity index (χ1n) is 5.19. The smallest absolute Gasteiger partial charge is 0.263 e. The number of aromatic nitrogens is 1. The summed E-state index contributed by atoms with van der Waals surface area (Å²) in [6, 6.07) is 10.0. The van der Waals surface area contributed by atoms with E-state index in [4.69, 9.17) is 11.6 Å². The zero-order chi connectivity index (χ0) is 13.2. The third-order valence-corrected chi connectivity index (χ3v) is 3.97. The average Bonchev–Trinajstić information content (AvgIpc) is 2.32. The van der Waals surface area contributed by atoms with Crippen LogP contribution in [0.4, 0.5) is 5.69 Å². The first-order valence-corrected chi connectivity index (χ1v) is 7.05. The first-order chi connectivity index (χ1) is 8.49. The maximum atomic E-state index is 12.1. The number of hydrogen-bond acceptors (Lipinski definition) is 3. The van der Waals surface area contributed by atoms with Crippen molar-refractivity contribution in [3.05, 3.63) is 53.3 Å². The molecule has 2 aromatic rings. The lowest BCUT2D eigenvalue weighted by Gasteiger charge is -2.09. The number of halogens is 1. The van der Waals surface area contributed by atoms with Gasteiger partial charge >= 0.3 is 0 Å². The Morgan fingerprint density at radius 3 is 2.50 bits per heavy atom. The number of para-hydroxylation sites is 1. The van der Waals surface area contributed by atoms with Crippen molar-refractivity contribution in [1.29, 1.82) is 0 Å². The van der Waals surface area contributed by atoms with E-state index in [-0.39, 0.29) is 10.0 Å². The maximum Gasteiger partial charge on any atom is 0.263 e. The highest BCUT2D eigenvalue weighted by molar-refractivity contribution is 7.92. The van der Waals surface area contributed by atoms with Gasteiger partial charge in [-0.1, -0.05) is 29.8 Å². The Bertz CT molecular complexity index is 654. The molecule has 94 valence electrons. The second-order valence-electron chi connectivity index (χ2n) is 3.74. The molecule has 1 N–H and O–H groups in total. The molecule has 0 aliphatic heterocycles. The Hall–Kier alpha value is -1.59. The lowest BCUT2D eigenvalue weighted by molar-refractivity contribution is 0.601. The molecule has 18 heavy (non-hydrogen) atoms. The van der Waals surface area contributed by atoms with E-state index in [0.29, 0.717) is 5.69 Å². The van der Waals surface area contributed by atoms with Crippen LogP contribution in [0.2, 0.25) is 5.15 Å². The van der Waals surface area contributed by atoms with E-state index in [9.17, 15) is 8.42 Å². The molecular weight excluding hydrogens is 272 g/mol. The van der Waals surface area contributed by atoms with Gasteiger partial charge in [-0.3, -0.25) is 4.72 Å². The van der Waals surface area contributed by atoms with Gasteiger partial charge in [0.05, 0.1) is 5.69 Å². The first kappa shape index (κ1) is 12.9. The van der Waals surface area contributed by atoms with Gasteiger partial charge in [-0.25, -0.2) is 13.4 Å². The van der Waals surface area contributed by atoms with Gasteiger partial charge in [-0.05, 0) is 30.7 Å². The van der Waals surface area contributed by atoms with Crippen LogP contribution in [-0.2, 0) is 10.0 Å². The van der Waals surface area contributed by atoms with Crippen LogP contribution < -0.4 is 4.72 Å². The van der Waals surface area contributed by atoms with Crippen molar-refractivity contribution in [3.8, 4) is 0 Å². The van der Waals surface area contributed by atoms with Crippen LogP contribution in [0.3, 0.4) is 0 Å². The Morgan fingerprint density at radius 2 is 1.89 bits per heavy atom. The number of aryl methyl sites for hydroxylation is 1. The van der Waals surface area contributed by atoms with Crippen LogP contribution in [0, 0.1) is 6.92 Å². The Balaban J connectivity index is 2.33. The van der Waals surface area contributed by atoms with Crippen molar-refractivity contribution >= 4 is 27.3 Å². The Labute approximate surface area is 111 Å². The van der Waals surface area contributed by atoms with Gasteiger partial charge in [0, 0.05) is 6.20 Å². The number of nitrogens with zero attached hydrogens (tertiary/aromatic N) is 1. The fourth-order valence-corrected chi connectivity index (χ4v) is 2.60. The summed E-state index contributed by atoms with van der Waals surface area (Å²) in [5.41, 5.74) is 1.40. The predicted molar refractivity (Wildman–Crippen MR) is 71.2 cm³/mol. The molecule has 1 heterocycles. The summed E-state index contributed by atoms with van der Waals surface area (Å²) < 4.78 is 26.7. The van der Waals surface area contributed by atoms with Crippen LogP contribution in [0.5, 0.6) is 0 Å². The van der Waals surface area contributed by atoms with Crippen molar-refractivity contribution in [2.75, 3.05) is 4.72 Å². The summed E-state index contributed by atoms with van der Waals surface area (Å²) in [7, 11) is -3.62. The minimum absolute atomic E-state index is 0.0788. The zero-order valence-corrected chi connectivity index (χ0v) is 11.2. The fourth-order valence-electron chi connectivity index (χ4n) is 1.41. The van der Waals surface area contributed by atoms with Gasteiger partial charge in [0.25, 0.3) is 10.0 Å². The zero-order valence-electron chi connectivity index (χ0n) is 9.59. The van der Waals surface area contributed by atoms with E-state index in [1.807, 2.05) is 19.1 Å². The van der Waals surface area contributed by atoms with Gasteiger partial charge in [0.2, 0.25) is 0 Å². The summed E-state index contributed by atoms with van der Waals surface area (Å²) in [5.74, 6) is 0. The number of rotatable bonds is 3. The summed E-state index contributed by atoms with van der Waals surface area (Å²) >= 11 is 5.62. The molecule has 1 aromatic heterocycles. The summed E-state index contributed by atoms with van der Waals surface area (Å²) in [6.45, 7) is 1.83. The number of pyridine rings is 1. The van der Waals surface area contributed by atoms with Crippen molar-refractivity contribution in [3.63, 3.8) is 0 Å². The Kier molecular flexibility index (Phi) is 3.54. The third kappa shape index (κ3) is 2.80. The molecule has 4 nitrogen and oxygen atoms in total. The van der Waals surface area contributed by atoms with Gasteiger partial charge in [0.15, 0.2) is 0 Å². The van der Waals surface area contributed by atoms with E-state index in [1.54, 1.807) is 12.1 Å². The molecule has 0 bridgehead atoms. The minimum atomic E-state index is -3.62. The molecule has 0 fully saturated rings. The second kappa shape index (κ2) is 4.96. The van der Waals surface area contributed by atoms with E-state index in [0.717, 1.165) is 5.56 Å². The molecule has 0 saturated carbocycles. The SMILES string of the molecule is Cc1ccccc1NS(=O)(=O)c1ccc(Cl)nc1. The quantitative estimate of drug-likeness (QED) is 0.881. The monoisotopic (exact) mass is 282 g/mol. The van der Waals surface area contributed by atoms with Crippen molar-refractivity contribution in [1.82, 2.24) is 4.98 Å². The highest BCUT2D eigenvalue weighted by Crippen LogP contribution is 2.19. The molecule has 2 rings (SSSR count). The lowest BCUT2D eigenvalue weighted by Crippen LogP contribution is -2.13. The van der Waals surface area contributed by atoms with Crippen LogP contribution >= 0.6 is 11.6 Å². The molecule has 0 unspecified atom stereocenters. The Morgan fingerprint density at radius 1 is 1.17 bits per heavy atom. The molecule has 0 radical (unpaired) electrons. The van der Waals surface area contributed by atoms with Crippen LogP contribution in [0.25, 0.3) is 0 Å². The van der Waals surface area contributed by atoms with Gasteiger partial charge < -0.3 is 0 Å². The van der Waals surface area contributed by atoms with Crippen molar-refractivity contribution in [2.24, 2.45) is 0 Å². The van der Waals surface area contributed by atoms with E-state index < -0.39 is 10.0 Å². The molecule has 6 heteroatoms. The molecule has 0 spiro atoms. The van der Waals surface area contributed by atoms with E-state index in [1.165, 1.54) is 18.3 Å². The predicted octanol–water partition coefficient (Wildman–Crippen LogP) is 2.84. The number of sulfonamides is 1. The molecule has 0 amide bonds. The largest absolute Gasteiger partial charge is 0.279 e. The topological polar surface area (TPSA) is 59.1 Å². The molecule has 0 aliphatic rings. The molecule has 0 saturated heterocycles. The number of hydrogen-bond donors (Lipinski definition) is 1. The lowest BCUT2D eigenvalue weighted by atomic mass is 10.2. The highest BCUT2D eigenvalue weighted by Gasteiger charge is 2.15. The van der Waals surface area contributed by atoms with Crippen LogP contribution in [0.15, 0.2) is 47.5 Å². The van der Waals surface area contributed by atoms with Gasteiger partial charge in [-0.15, -0.1) is 0 Å². The van der Waals surface area contributed by atoms with Crippen molar-refractivity contribution < 1.29 is 8.42 Å².